The van der Waals surface area contributed by atoms with Crippen LogP contribution in [0.4, 0.5) is 0 Å². The number of allylic oxidation sites excluding steroid dienone is 1. The summed E-state index contributed by atoms with van der Waals surface area (Å²) in [5.74, 6) is -0.857. The van der Waals surface area contributed by atoms with E-state index in [1.54, 1.807) is 6.92 Å². The molecule has 0 fully saturated rings. The van der Waals surface area contributed by atoms with Crippen LogP contribution >= 0.6 is 0 Å². The van der Waals surface area contributed by atoms with Gasteiger partial charge in [-0.2, -0.15) is 0 Å². The van der Waals surface area contributed by atoms with E-state index >= 15 is 0 Å². The SMILES string of the molecule is C=C(C)OCNCCOC(=O)C(CO)CO. The number of ether oxygens (including phenoxy) is 2. The van der Waals surface area contributed by atoms with Crippen LogP contribution in [0.25, 0.3) is 0 Å². The Balaban J connectivity index is 3.44. The van der Waals surface area contributed by atoms with Crippen LogP contribution in [-0.2, 0) is 14.3 Å². The molecule has 0 radical (unpaired) electrons. The predicted molar refractivity (Wildman–Crippen MR) is 57.4 cm³/mol. The van der Waals surface area contributed by atoms with Gasteiger partial charge in [0.15, 0.2) is 0 Å². The van der Waals surface area contributed by atoms with Gasteiger partial charge in [0, 0.05) is 6.54 Å². The third-order valence-electron chi connectivity index (χ3n) is 1.72. The van der Waals surface area contributed by atoms with E-state index < -0.39 is 25.1 Å². The largest absolute Gasteiger partial charge is 0.484 e. The molecule has 3 N–H and O–H groups in total. The van der Waals surface area contributed by atoms with Gasteiger partial charge in [0.05, 0.1) is 19.0 Å². The number of hydrogen-bond acceptors (Lipinski definition) is 6. The highest BCUT2D eigenvalue weighted by atomic mass is 16.5. The first-order chi connectivity index (χ1) is 7.61. The van der Waals surface area contributed by atoms with Crippen molar-refractivity contribution in [2.45, 2.75) is 6.92 Å². The van der Waals surface area contributed by atoms with E-state index in [-0.39, 0.29) is 6.61 Å². The lowest BCUT2D eigenvalue weighted by Crippen LogP contribution is -2.28. The molecule has 6 nitrogen and oxygen atoms in total. The molecule has 0 rings (SSSR count). The molecule has 6 heteroatoms. The Labute approximate surface area is 94.9 Å². The molecule has 0 aromatic carbocycles. The van der Waals surface area contributed by atoms with Crippen molar-refractivity contribution in [3.63, 3.8) is 0 Å². The Morgan fingerprint density at radius 3 is 2.50 bits per heavy atom. The van der Waals surface area contributed by atoms with Crippen molar-refractivity contribution in [1.82, 2.24) is 5.32 Å². The first-order valence-corrected chi connectivity index (χ1v) is 4.99. The minimum atomic E-state index is -0.855. The molecular formula is C10H19NO5. The average molecular weight is 233 g/mol. The van der Waals surface area contributed by atoms with Gasteiger partial charge in [-0.15, -0.1) is 0 Å². The fourth-order valence-electron chi connectivity index (χ4n) is 0.795. The summed E-state index contributed by atoms with van der Waals surface area (Å²) in [6.45, 7) is 5.34. The molecule has 0 bridgehead atoms. The van der Waals surface area contributed by atoms with E-state index in [2.05, 4.69) is 11.9 Å². The van der Waals surface area contributed by atoms with Gasteiger partial charge in [0.2, 0.25) is 0 Å². The molecule has 0 saturated carbocycles. The quantitative estimate of drug-likeness (QED) is 0.210. The topological polar surface area (TPSA) is 88.0 Å². The molecule has 0 aliphatic carbocycles. The summed E-state index contributed by atoms with van der Waals surface area (Å²) >= 11 is 0. The van der Waals surface area contributed by atoms with Gasteiger partial charge < -0.3 is 19.7 Å². The zero-order valence-corrected chi connectivity index (χ0v) is 9.44. The fourth-order valence-corrected chi connectivity index (χ4v) is 0.795. The third-order valence-corrected chi connectivity index (χ3v) is 1.72. The van der Waals surface area contributed by atoms with Crippen molar-refractivity contribution in [3.8, 4) is 0 Å². The molecule has 0 aliphatic heterocycles. The van der Waals surface area contributed by atoms with Crippen LogP contribution in [0.3, 0.4) is 0 Å². The van der Waals surface area contributed by atoms with Gasteiger partial charge in [-0.3, -0.25) is 10.1 Å². The summed E-state index contributed by atoms with van der Waals surface area (Å²) in [7, 11) is 0. The highest BCUT2D eigenvalue weighted by molar-refractivity contribution is 5.72. The van der Waals surface area contributed by atoms with Crippen molar-refractivity contribution >= 4 is 5.97 Å². The van der Waals surface area contributed by atoms with Crippen LogP contribution in [-0.4, -0.2) is 49.3 Å². The maximum atomic E-state index is 11.1. The van der Waals surface area contributed by atoms with Crippen LogP contribution in [0.2, 0.25) is 0 Å². The lowest BCUT2D eigenvalue weighted by atomic mass is 10.2. The maximum absolute atomic E-state index is 11.1. The molecule has 0 aromatic heterocycles. The Kier molecular flexibility index (Phi) is 8.51. The molecule has 0 atom stereocenters. The van der Waals surface area contributed by atoms with Crippen molar-refractivity contribution in [1.29, 1.82) is 0 Å². The number of esters is 1. The first-order valence-electron chi connectivity index (χ1n) is 4.99. The number of aliphatic hydroxyl groups is 2. The van der Waals surface area contributed by atoms with E-state index in [1.165, 1.54) is 0 Å². The molecule has 0 spiro atoms. The molecular weight excluding hydrogens is 214 g/mol. The minimum absolute atomic E-state index is 0.162. The van der Waals surface area contributed by atoms with Crippen LogP contribution in [0.1, 0.15) is 6.92 Å². The summed E-state index contributed by atoms with van der Waals surface area (Å²) in [5, 5.41) is 20.2. The molecule has 0 aromatic rings. The van der Waals surface area contributed by atoms with Gasteiger partial charge in [0.25, 0.3) is 0 Å². The van der Waals surface area contributed by atoms with Gasteiger partial charge in [-0.25, -0.2) is 0 Å². The van der Waals surface area contributed by atoms with E-state index in [4.69, 9.17) is 19.7 Å². The second kappa shape index (κ2) is 9.14. The van der Waals surface area contributed by atoms with Crippen molar-refractivity contribution in [2.75, 3.05) is 33.1 Å². The Morgan fingerprint density at radius 2 is 2.00 bits per heavy atom. The second-order valence-electron chi connectivity index (χ2n) is 3.22. The van der Waals surface area contributed by atoms with Crippen LogP contribution < -0.4 is 5.32 Å². The van der Waals surface area contributed by atoms with Gasteiger partial charge in [0.1, 0.15) is 19.3 Å². The van der Waals surface area contributed by atoms with Gasteiger partial charge >= 0.3 is 5.97 Å². The summed E-state index contributed by atoms with van der Waals surface area (Å²) in [6, 6.07) is 0. The highest BCUT2D eigenvalue weighted by Crippen LogP contribution is 1.96. The Bertz CT molecular complexity index is 215. The predicted octanol–water partition coefficient (Wildman–Crippen LogP) is -0.772. The Hall–Kier alpha value is -1.11. The minimum Gasteiger partial charge on any atom is -0.484 e. The summed E-state index contributed by atoms with van der Waals surface area (Å²) < 4.78 is 9.81. The smallest absolute Gasteiger partial charge is 0.313 e. The fraction of sp³-hybridized carbons (Fsp3) is 0.700. The zero-order valence-electron chi connectivity index (χ0n) is 9.44. The number of hydrogen-bond donors (Lipinski definition) is 3. The highest BCUT2D eigenvalue weighted by Gasteiger charge is 2.17. The van der Waals surface area contributed by atoms with Crippen LogP contribution in [0.5, 0.6) is 0 Å². The van der Waals surface area contributed by atoms with Crippen LogP contribution in [0, 0.1) is 5.92 Å². The van der Waals surface area contributed by atoms with E-state index in [9.17, 15) is 4.79 Å². The normalized spacial score (nSPS) is 10.2. The molecule has 0 heterocycles. The second-order valence-corrected chi connectivity index (χ2v) is 3.22. The standard InChI is InChI=1S/C10H19NO5/c1-8(2)16-7-11-3-4-15-10(14)9(5-12)6-13/h9,11-13H,1,3-7H2,2H3. The molecule has 0 unspecified atom stereocenters. The molecule has 16 heavy (non-hydrogen) atoms. The van der Waals surface area contributed by atoms with Crippen molar-refractivity contribution in [2.24, 2.45) is 5.92 Å². The van der Waals surface area contributed by atoms with E-state index in [0.29, 0.717) is 19.0 Å². The average Bonchev–Trinajstić information content (AvgIpc) is 2.24. The van der Waals surface area contributed by atoms with Crippen molar-refractivity contribution < 1.29 is 24.5 Å². The molecule has 0 amide bonds. The maximum Gasteiger partial charge on any atom is 0.313 e. The monoisotopic (exact) mass is 233 g/mol. The summed E-state index contributed by atoms with van der Waals surface area (Å²) in [4.78, 5) is 11.1. The van der Waals surface area contributed by atoms with Gasteiger partial charge in [-0.1, -0.05) is 6.58 Å². The number of nitrogens with one attached hydrogen (secondary N) is 1. The number of carbonyl (C=O) groups is 1. The third kappa shape index (κ3) is 7.22. The summed E-state index contributed by atoms with van der Waals surface area (Å²) in [6.07, 6.45) is 0. The number of aliphatic hydroxyl groups excluding tert-OH is 2. The lowest BCUT2D eigenvalue weighted by molar-refractivity contribution is -0.151. The van der Waals surface area contributed by atoms with Gasteiger partial charge in [-0.05, 0) is 6.92 Å². The first kappa shape index (κ1) is 14.9. The van der Waals surface area contributed by atoms with Crippen LogP contribution in [0.15, 0.2) is 12.3 Å². The van der Waals surface area contributed by atoms with E-state index in [0.717, 1.165) is 0 Å². The molecule has 0 aliphatic rings. The molecule has 94 valence electrons. The Morgan fingerprint density at radius 1 is 1.38 bits per heavy atom. The lowest BCUT2D eigenvalue weighted by Gasteiger charge is -2.11. The zero-order chi connectivity index (χ0) is 12.4. The number of carbonyl (C=O) groups excluding carboxylic acids is 1. The van der Waals surface area contributed by atoms with Crippen molar-refractivity contribution in [3.05, 3.63) is 12.3 Å². The summed E-state index contributed by atoms with van der Waals surface area (Å²) in [5.41, 5.74) is 0. The number of rotatable bonds is 9. The van der Waals surface area contributed by atoms with E-state index in [1.807, 2.05) is 0 Å². The molecule has 0 saturated heterocycles.